The van der Waals surface area contributed by atoms with Gasteiger partial charge in [0, 0.05) is 16.9 Å². The fraction of sp³-hybridized carbons (Fsp3) is 0.0323. The Bertz CT molecular complexity index is 3410. The summed E-state index contributed by atoms with van der Waals surface area (Å²) in [5, 5.41) is 0. The van der Waals surface area contributed by atoms with Crippen LogP contribution in [0, 0.1) is 0 Å². The summed E-state index contributed by atoms with van der Waals surface area (Å²) in [6, 6.07) is 88.8. The Kier molecular flexibility index (Phi) is 7.03. The highest BCUT2D eigenvalue weighted by Gasteiger charge is 2.54. The van der Waals surface area contributed by atoms with Crippen molar-refractivity contribution in [3.05, 3.63) is 281 Å². The molecule has 1 nitrogen and oxygen atoms in total. The van der Waals surface area contributed by atoms with E-state index in [-0.39, 0.29) is 0 Å². The molecule has 0 bridgehead atoms. The Morgan fingerprint density at radius 1 is 0.270 bits per heavy atom. The third-order valence-corrected chi connectivity index (χ3v) is 14.7. The Morgan fingerprint density at radius 3 is 1.30 bits per heavy atom. The summed E-state index contributed by atoms with van der Waals surface area (Å²) >= 11 is 0. The molecule has 0 fully saturated rings. The van der Waals surface area contributed by atoms with E-state index in [1.54, 1.807) is 0 Å². The molecule has 10 aromatic carbocycles. The normalized spacial score (nSPS) is 14.3. The van der Waals surface area contributed by atoms with Crippen molar-refractivity contribution in [1.82, 2.24) is 0 Å². The molecule has 0 radical (unpaired) electrons. The van der Waals surface area contributed by atoms with Crippen molar-refractivity contribution >= 4 is 17.1 Å². The highest BCUT2D eigenvalue weighted by atomic mass is 15.1. The second kappa shape index (κ2) is 12.8. The molecule has 4 aliphatic rings. The van der Waals surface area contributed by atoms with Crippen LogP contribution in [0.2, 0.25) is 0 Å². The van der Waals surface area contributed by atoms with Crippen molar-refractivity contribution in [3.8, 4) is 55.6 Å². The molecular formula is C62H39N. The number of fused-ring (bicyclic) bond motifs is 16. The lowest BCUT2D eigenvalue weighted by molar-refractivity contribution is 0.791. The minimum atomic E-state index is -0.454. The molecule has 10 aromatic rings. The van der Waals surface area contributed by atoms with Crippen LogP contribution < -0.4 is 4.90 Å². The van der Waals surface area contributed by atoms with Gasteiger partial charge in [-0.2, -0.15) is 0 Å². The molecule has 1 heteroatoms. The number of nitrogens with zero attached hydrogens (tertiary/aromatic N) is 1. The van der Waals surface area contributed by atoms with Crippen molar-refractivity contribution in [2.45, 2.75) is 10.8 Å². The van der Waals surface area contributed by atoms with E-state index >= 15 is 0 Å². The third-order valence-electron chi connectivity index (χ3n) is 14.7. The molecular weight excluding hydrogens is 759 g/mol. The number of rotatable bonds is 5. The van der Waals surface area contributed by atoms with E-state index in [2.05, 4.69) is 241 Å². The van der Waals surface area contributed by atoms with Crippen LogP contribution in [0.25, 0.3) is 55.6 Å². The Hall–Kier alpha value is -8.00. The lowest BCUT2D eigenvalue weighted by atomic mass is 9.70. The minimum Gasteiger partial charge on any atom is -0.310 e. The number of anilines is 3. The summed E-state index contributed by atoms with van der Waals surface area (Å²) < 4.78 is 0. The van der Waals surface area contributed by atoms with Gasteiger partial charge < -0.3 is 4.90 Å². The van der Waals surface area contributed by atoms with Gasteiger partial charge in [0.1, 0.15) is 0 Å². The average molecular weight is 798 g/mol. The first kappa shape index (κ1) is 34.7. The Labute approximate surface area is 367 Å². The molecule has 292 valence electrons. The van der Waals surface area contributed by atoms with E-state index in [0.717, 1.165) is 11.4 Å². The minimum absolute atomic E-state index is 0.444. The average Bonchev–Trinajstić information content (AvgIpc) is 4.05. The monoisotopic (exact) mass is 797 g/mol. The van der Waals surface area contributed by atoms with E-state index in [9.17, 15) is 0 Å². The Morgan fingerprint density at radius 2 is 0.698 bits per heavy atom. The molecule has 0 aromatic heterocycles. The van der Waals surface area contributed by atoms with Crippen LogP contribution in [-0.4, -0.2) is 0 Å². The SMILES string of the molecule is c1ccc(-c2ccc(N(c3cccc(C45c6ccccc6-c6cccc(c64)-c4ccccc45)c3)c3cccc4c3-c3ccccc3C43c4ccccc4-c4ccccc43)cc2)cc1. The second-order valence-electron chi connectivity index (χ2n) is 17.5. The molecule has 14 rings (SSSR count). The van der Waals surface area contributed by atoms with Gasteiger partial charge in [0.15, 0.2) is 0 Å². The summed E-state index contributed by atoms with van der Waals surface area (Å²) in [4.78, 5) is 2.53. The topological polar surface area (TPSA) is 3.24 Å². The summed E-state index contributed by atoms with van der Waals surface area (Å²) in [6.07, 6.45) is 0. The van der Waals surface area contributed by atoms with Crippen LogP contribution in [0.3, 0.4) is 0 Å². The quantitative estimate of drug-likeness (QED) is 0.168. The van der Waals surface area contributed by atoms with Gasteiger partial charge in [0.25, 0.3) is 0 Å². The molecule has 63 heavy (non-hydrogen) atoms. The van der Waals surface area contributed by atoms with E-state index in [1.165, 1.54) is 106 Å². The first-order valence-electron chi connectivity index (χ1n) is 22.1. The highest BCUT2D eigenvalue weighted by molar-refractivity contribution is 6.02. The zero-order chi connectivity index (χ0) is 41.3. The molecule has 0 saturated heterocycles. The molecule has 0 aliphatic heterocycles. The van der Waals surface area contributed by atoms with Crippen molar-refractivity contribution in [1.29, 1.82) is 0 Å². The summed E-state index contributed by atoms with van der Waals surface area (Å²) in [5.41, 5.74) is 26.2. The van der Waals surface area contributed by atoms with Crippen molar-refractivity contribution in [2.75, 3.05) is 4.90 Å². The third kappa shape index (κ3) is 4.36. The number of hydrogen-bond acceptors (Lipinski definition) is 1. The van der Waals surface area contributed by atoms with Gasteiger partial charge >= 0.3 is 0 Å². The lowest BCUT2D eigenvalue weighted by Crippen LogP contribution is -2.26. The van der Waals surface area contributed by atoms with Crippen molar-refractivity contribution in [2.24, 2.45) is 0 Å². The number of hydrogen-bond donors (Lipinski definition) is 0. The summed E-state index contributed by atoms with van der Waals surface area (Å²) in [5.74, 6) is 0. The van der Waals surface area contributed by atoms with Crippen molar-refractivity contribution < 1.29 is 0 Å². The van der Waals surface area contributed by atoms with Crippen LogP contribution in [0.1, 0.15) is 44.5 Å². The molecule has 1 spiro atoms. The first-order valence-corrected chi connectivity index (χ1v) is 22.1. The van der Waals surface area contributed by atoms with Gasteiger partial charge in [-0.15, -0.1) is 0 Å². The fourth-order valence-electron chi connectivity index (χ4n) is 12.4. The predicted molar refractivity (Wildman–Crippen MR) is 259 cm³/mol. The van der Waals surface area contributed by atoms with E-state index < -0.39 is 10.8 Å². The smallest absolute Gasteiger partial charge is 0.0726 e. The van der Waals surface area contributed by atoms with E-state index in [1.807, 2.05) is 0 Å². The maximum atomic E-state index is 2.53. The van der Waals surface area contributed by atoms with E-state index in [4.69, 9.17) is 0 Å². The summed E-state index contributed by atoms with van der Waals surface area (Å²) in [6.45, 7) is 0. The van der Waals surface area contributed by atoms with Gasteiger partial charge in [0.2, 0.25) is 0 Å². The lowest BCUT2D eigenvalue weighted by Gasteiger charge is -2.34. The molecule has 4 aliphatic carbocycles. The van der Waals surface area contributed by atoms with Crippen LogP contribution in [0.4, 0.5) is 17.1 Å². The van der Waals surface area contributed by atoms with E-state index in [0.29, 0.717) is 0 Å². The zero-order valence-corrected chi connectivity index (χ0v) is 34.5. The standard InChI is InChI=1S/C62H39N/c1-2-17-40(18-3-1)41-35-37-43(38-36-41)63(44-20-14-19-42(39-44)61-52-28-9-6-23-47(52)49-26-15-27-50(60(49)61)48-24-7-10-29-53(48)61)58-34-16-33-57-59(58)51-25-8-13-32-56(51)62(57)54-30-11-4-21-45(54)46-22-5-12-31-55(46)62/h1-39H. The fourth-order valence-corrected chi connectivity index (χ4v) is 12.4. The van der Waals surface area contributed by atoms with Gasteiger partial charge in [-0.1, -0.05) is 206 Å². The maximum Gasteiger partial charge on any atom is 0.0726 e. The van der Waals surface area contributed by atoms with Gasteiger partial charge in [-0.05, 0) is 125 Å². The van der Waals surface area contributed by atoms with Gasteiger partial charge in [-0.25, -0.2) is 0 Å². The van der Waals surface area contributed by atoms with Gasteiger partial charge in [0.05, 0.1) is 16.5 Å². The van der Waals surface area contributed by atoms with Crippen LogP contribution in [-0.2, 0) is 10.8 Å². The number of benzene rings is 10. The highest BCUT2D eigenvalue weighted by Crippen LogP contribution is 2.66. The van der Waals surface area contributed by atoms with Crippen LogP contribution in [0.15, 0.2) is 237 Å². The molecule has 0 unspecified atom stereocenters. The van der Waals surface area contributed by atoms with Crippen molar-refractivity contribution in [3.63, 3.8) is 0 Å². The van der Waals surface area contributed by atoms with Gasteiger partial charge in [-0.3, -0.25) is 0 Å². The van der Waals surface area contributed by atoms with Crippen LogP contribution >= 0.6 is 0 Å². The molecule has 0 N–H and O–H groups in total. The molecule has 0 amide bonds. The summed E-state index contributed by atoms with van der Waals surface area (Å²) in [7, 11) is 0. The maximum absolute atomic E-state index is 2.53. The first-order chi connectivity index (χ1) is 31.3. The molecule has 0 saturated carbocycles. The molecule has 0 atom stereocenters. The zero-order valence-electron chi connectivity index (χ0n) is 34.5. The molecule has 0 heterocycles. The Balaban J connectivity index is 1.05. The predicted octanol–water partition coefficient (Wildman–Crippen LogP) is 15.5. The largest absolute Gasteiger partial charge is 0.310 e. The second-order valence-corrected chi connectivity index (χ2v) is 17.5. The van der Waals surface area contributed by atoms with Crippen LogP contribution in [0.5, 0.6) is 0 Å².